The van der Waals surface area contributed by atoms with Crippen LogP contribution in [0.3, 0.4) is 0 Å². The topological polar surface area (TPSA) is 56.7 Å². The van der Waals surface area contributed by atoms with Gasteiger partial charge in [-0.15, -0.1) is 11.3 Å². The first-order valence-electron chi connectivity index (χ1n) is 15.8. The average molecular weight is 594 g/mol. The zero-order valence-electron chi connectivity index (χ0n) is 25.4. The van der Waals surface area contributed by atoms with E-state index in [0.29, 0.717) is 12.8 Å². The first-order chi connectivity index (χ1) is 20.9. The summed E-state index contributed by atoms with van der Waals surface area (Å²) in [4.78, 5) is 21.9. The van der Waals surface area contributed by atoms with Crippen molar-refractivity contribution in [2.45, 2.75) is 69.9 Å². The molecule has 4 aromatic rings. The number of aliphatic carboxylic acids is 1. The number of anilines is 1. The van der Waals surface area contributed by atoms with Crippen LogP contribution in [0.15, 0.2) is 84.2 Å². The van der Waals surface area contributed by atoms with Gasteiger partial charge in [-0.2, -0.15) is 0 Å². The Balaban J connectivity index is 1.02. The summed E-state index contributed by atoms with van der Waals surface area (Å²) in [6, 6.07) is 27.7. The molecule has 0 radical (unpaired) electrons. The van der Waals surface area contributed by atoms with E-state index in [9.17, 15) is 9.90 Å². The fraction of sp³-hybridized carbons (Fsp3) is 0.405. The molecule has 2 heterocycles. The summed E-state index contributed by atoms with van der Waals surface area (Å²) in [6.45, 7) is 5.52. The molecule has 43 heavy (non-hydrogen) atoms. The fourth-order valence-corrected chi connectivity index (χ4v) is 7.77. The van der Waals surface area contributed by atoms with Gasteiger partial charge in [0.15, 0.2) is 0 Å². The van der Waals surface area contributed by atoms with Gasteiger partial charge in [0, 0.05) is 43.3 Å². The second-order valence-corrected chi connectivity index (χ2v) is 13.7. The summed E-state index contributed by atoms with van der Waals surface area (Å²) in [5.74, 6) is 0.903. The molecule has 224 valence electrons. The third-order valence-corrected chi connectivity index (χ3v) is 10.7. The van der Waals surface area contributed by atoms with Crippen molar-refractivity contribution in [3.05, 3.63) is 106 Å². The highest BCUT2D eigenvalue weighted by Gasteiger charge is 2.43. The second-order valence-electron chi connectivity index (χ2n) is 12.8. The SMILES string of the molecule is CN(Cc1ccc([C@H]2CC[C@H](C)CC2)cc1)c1ccc(-c2csc(CN3CCC(C(=O)O)(c4ccccc4)CC3)n2)cc1. The van der Waals surface area contributed by atoms with Crippen LogP contribution in [-0.2, 0) is 23.3 Å². The maximum Gasteiger partial charge on any atom is 0.314 e. The molecule has 0 amide bonds. The predicted molar refractivity (Wildman–Crippen MR) is 177 cm³/mol. The van der Waals surface area contributed by atoms with E-state index in [4.69, 9.17) is 4.98 Å². The minimum Gasteiger partial charge on any atom is -0.481 e. The number of hydrogen-bond acceptors (Lipinski definition) is 5. The van der Waals surface area contributed by atoms with Crippen LogP contribution in [0.2, 0.25) is 0 Å². The molecule has 2 aliphatic rings. The Bertz CT molecular complexity index is 1480. The Morgan fingerprint density at radius 2 is 1.63 bits per heavy atom. The van der Waals surface area contributed by atoms with Crippen LogP contribution in [0.25, 0.3) is 11.3 Å². The van der Waals surface area contributed by atoms with Crippen molar-refractivity contribution in [3.8, 4) is 11.3 Å². The molecule has 5 nitrogen and oxygen atoms in total. The van der Waals surface area contributed by atoms with E-state index in [1.807, 2.05) is 30.3 Å². The highest BCUT2D eigenvalue weighted by molar-refractivity contribution is 7.09. The second kappa shape index (κ2) is 13.0. The molecule has 0 bridgehead atoms. The number of aromatic nitrogens is 1. The zero-order chi connectivity index (χ0) is 29.8. The van der Waals surface area contributed by atoms with Gasteiger partial charge in [-0.25, -0.2) is 4.98 Å². The molecule has 1 aliphatic heterocycles. The number of rotatable bonds is 9. The lowest BCUT2D eigenvalue weighted by molar-refractivity contribution is -0.146. The molecule has 1 aromatic heterocycles. The summed E-state index contributed by atoms with van der Waals surface area (Å²) in [5, 5.41) is 13.3. The van der Waals surface area contributed by atoms with E-state index in [1.54, 1.807) is 11.3 Å². The van der Waals surface area contributed by atoms with E-state index in [2.05, 4.69) is 77.7 Å². The smallest absolute Gasteiger partial charge is 0.314 e. The Hall–Kier alpha value is -3.48. The Labute approximate surface area is 260 Å². The number of carboxylic acid groups (broad SMARTS) is 1. The number of likely N-dealkylation sites (tertiary alicyclic amines) is 1. The Kier molecular flexibility index (Phi) is 8.96. The average Bonchev–Trinajstić information content (AvgIpc) is 3.51. The lowest BCUT2D eigenvalue weighted by atomic mass is 9.73. The number of benzene rings is 3. The fourth-order valence-electron chi connectivity index (χ4n) is 6.92. The maximum atomic E-state index is 12.3. The number of hydrogen-bond donors (Lipinski definition) is 1. The molecule has 3 aromatic carbocycles. The van der Waals surface area contributed by atoms with Gasteiger partial charge in [-0.05, 0) is 66.3 Å². The Morgan fingerprint density at radius 1 is 0.953 bits per heavy atom. The Morgan fingerprint density at radius 3 is 2.28 bits per heavy atom. The van der Waals surface area contributed by atoms with E-state index < -0.39 is 11.4 Å². The van der Waals surface area contributed by atoms with E-state index in [0.717, 1.165) is 59.8 Å². The van der Waals surface area contributed by atoms with Crippen molar-refractivity contribution >= 4 is 23.0 Å². The summed E-state index contributed by atoms with van der Waals surface area (Å²) >= 11 is 1.68. The van der Waals surface area contributed by atoms with Crippen molar-refractivity contribution < 1.29 is 9.90 Å². The van der Waals surface area contributed by atoms with Gasteiger partial charge in [0.25, 0.3) is 0 Å². The molecule has 0 unspecified atom stereocenters. The van der Waals surface area contributed by atoms with Crippen molar-refractivity contribution in [1.29, 1.82) is 0 Å². The third kappa shape index (κ3) is 6.71. The normalized spacial score (nSPS) is 20.5. The number of thiazole rings is 1. The summed E-state index contributed by atoms with van der Waals surface area (Å²) in [5.41, 5.74) is 6.28. The van der Waals surface area contributed by atoms with Gasteiger partial charge in [0.1, 0.15) is 5.01 Å². The van der Waals surface area contributed by atoms with Gasteiger partial charge < -0.3 is 10.0 Å². The molecular weight excluding hydrogens is 550 g/mol. The van der Waals surface area contributed by atoms with Crippen LogP contribution in [0, 0.1) is 5.92 Å². The molecule has 0 spiro atoms. The molecular formula is C37H43N3O2S. The molecule has 6 rings (SSSR count). The number of carbonyl (C=O) groups is 1. The molecule has 1 saturated carbocycles. The van der Waals surface area contributed by atoms with Crippen LogP contribution in [0.1, 0.15) is 73.1 Å². The summed E-state index contributed by atoms with van der Waals surface area (Å²) < 4.78 is 0. The highest BCUT2D eigenvalue weighted by atomic mass is 32.1. The first-order valence-corrected chi connectivity index (χ1v) is 16.6. The molecule has 1 saturated heterocycles. The third-order valence-electron chi connectivity index (χ3n) is 9.85. The maximum absolute atomic E-state index is 12.3. The van der Waals surface area contributed by atoms with Crippen molar-refractivity contribution in [3.63, 3.8) is 0 Å². The van der Waals surface area contributed by atoms with Gasteiger partial charge in [0.05, 0.1) is 17.7 Å². The van der Waals surface area contributed by atoms with E-state index in [-0.39, 0.29) is 0 Å². The largest absolute Gasteiger partial charge is 0.481 e. The van der Waals surface area contributed by atoms with Gasteiger partial charge in [0.2, 0.25) is 0 Å². The van der Waals surface area contributed by atoms with Crippen LogP contribution < -0.4 is 4.90 Å². The molecule has 1 N–H and O–H groups in total. The number of nitrogens with zero attached hydrogens (tertiary/aromatic N) is 3. The quantitative estimate of drug-likeness (QED) is 0.211. The van der Waals surface area contributed by atoms with E-state index in [1.165, 1.54) is 42.5 Å². The zero-order valence-corrected chi connectivity index (χ0v) is 26.2. The number of piperidine rings is 1. The monoisotopic (exact) mass is 593 g/mol. The van der Waals surface area contributed by atoms with Crippen LogP contribution >= 0.6 is 11.3 Å². The lowest BCUT2D eigenvalue weighted by Gasteiger charge is -2.39. The molecule has 1 aliphatic carbocycles. The van der Waals surface area contributed by atoms with Crippen LogP contribution in [0.5, 0.6) is 0 Å². The molecule has 2 fully saturated rings. The van der Waals surface area contributed by atoms with Gasteiger partial charge in [-0.1, -0.05) is 86.5 Å². The lowest BCUT2D eigenvalue weighted by Crippen LogP contribution is -2.47. The van der Waals surface area contributed by atoms with Crippen molar-refractivity contribution in [2.75, 3.05) is 25.0 Å². The van der Waals surface area contributed by atoms with Crippen molar-refractivity contribution in [2.24, 2.45) is 5.92 Å². The minimum atomic E-state index is -0.794. The van der Waals surface area contributed by atoms with E-state index >= 15 is 0 Å². The summed E-state index contributed by atoms with van der Waals surface area (Å²) in [7, 11) is 2.15. The summed E-state index contributed by atoms with van der Waals surface area (Å²) in [6.07, 6.45) is 6.60. The van der Waals surface area contributed by atoms with Gasteiger partial charge in [-0.3, -0.25) is 9.69 Å². The first kappa shape index (κ1) is 29.6. The number of carboxylic acids is 1. The van der Waals surface area contributed by atoms with Gasteiger partial charge >= 0.3 is 5.97 Å². The van der Waals surface area contributed by atoms with Crippen molar-refractivity contribution in [1.82, 2.24) is 9.88 Å². The highest BCUT2D eigenvalue weighted by Crippen LogP contribution is 2.37. The molecule has 0 atom stereocenters. The van der Waals surface area contributed by atoms with Crippen LogP contribution in [0.4, 0.5) is 5.69 Å². The minimum absolute atomic E-state index is 0.615. The van der Waals surface area contributed by atoms with Crippen LogP contribution in [-0.4, -0.2) is 41.1 Å². The predicted octanol–water partition coefficient (Wildman–Crippen LogP) is 8.36. The standard InChI is InChI=1S/C37H43N3O2S/c1-27-8-12-29(13-9-27)30-14-10-28(11-15-30)24-39(2)33-18-16-31(17-19-33)34-26-43-35(38-34)25-40-22-20-37(21-23-40,36(41)42)32-6-4-3-5-7-32/h3-7,10-11,14-19,26-27,29H,8-9,12-13,20-25H2,1-2H3,(H,41,42)/t27-,29-. The molecule has 6 heteroatoms.